The molecule has 0 spiro atoms. The molecule has 6 N–H and O–H groups in total. The van der Waals surface area contributed by atoms with Crippen LogP contribution >= 0.6 is 0 Å². The highest BCUT2D eigenvalue weighted by Gasteiger charge is 2.10. The summed E-state index contributed by atoms with van der Waals surface area (Å²) in [6, 6.07) is 14.0. The number of nitrogens with zero attached hydrogens (tertiary/aromatic N) is 4. The SMILES string of the molecule is O.O=C(O)c1nccn1CCCc1ccc(O)cc1.O=C(O)c1nccn1CCCc1ccc(O)cc1. The molecule has 11 heteroatoms. The van der Waals surface area contributed by atoms with Crippen molar-refractivity contribution in [3.63, 3.8) is 0 Å². The summed E-state index contributed by atoms with van der Waals surface area (Å²) in [6.45, 7) is 1.23. The van der Waals surface area contributed by atoms with Gasteiger partial charge < -0.3 is 35.0 Å². The van der Waals surface area contributed by atoms with Crippen molar-refractivity contribution in [3.05, 3.63) is 96.1 Å². The first-order chi connectivity index (χ1) is 17.3. The summed E-state index contributed by atoms with van der Waals surface area (Å²) in [5, 5.41) is 36.1. The van der Waals surface area contributed by atoms with Gasteiger partial charge in [-0.05, 0) is 61.1 Å². The summed E-state index contributed by atoms with van der Waals surface area (Å²) < 4.78 is 3.26. The second-order valence-corrected chi connectivity index (χ2v) is 8.04. The molecule has 4 rings (SSSR count). The molecule has 0 saturated carbocycles. The molecule has 0 aliphatic heterocycles. The first-order valence-electron chi connectivity index (χ1n) is 11.4. The van der Waals surface area contributed by atoms with Crippen LogP contribution in [-0.4, -0.2) is 56.9 Å². The Morgan fingerprint density at radius 1 is 0.649 bits per heavy atom. The van der Waals surface area contributed by atoms with Gasteiger partial charge in [-0.2, -0.15) is 0 Å². The van der Waals surface area contributed by atoms with Crippen LogP contribution < -0.4 is 0 Å². The van der Waals surface area contributed by atoms with E-state index in [0.29, 0.717) is 13.1 Å². The summed E-state index contributed by atoms with van der Waals surface area (Å²) >= 11 is 0. The highest BCUT2D eigenvalue weighted by Crippen LogP contribution is 2.13. The zero-order chi connectivity index (χ0) is 25.9. The van der Waals surface area contributed by atoms with Gasteiger partial charge in [-0.3, -0.25) is 0 Å². The first-order valence-corrected chi connectivity index (χ1v) is 11.4. The fourth-order valence-electron chi connectivity index (χ4n) is 3.61. The van der Waals surface area contributed by atoms with E-state index in [1.807, 2.05) is 24.3 Å². The number of carbonyl (C=O) groups is 2. The predicted molar refractivity (Wildman–Crippen MR) is 135 cm³/mol. The van der Waals surface area contributed by atoms with Crippen molar-refractivity contribution < 1.29 is 35.5 Å². The Hall–Kier alpha value is -4.64. The van der Waals surface area contributed by atoms with Gasteiger partial charge in [0.15, 0.2) is 0 Å². The number of aromatic nitrogens is 4. The van der Waals surface area contributed by atoms with Crippen molar-refractivity contribution >= 4 is 11.9 Å². The number of hydrogen-bond donors (Lipinski definition) is 4. The standard InChI is InChI=1S/2C13H14N2O3.H2O/c2*16-11-5-3-10(4-6-11)2-1-8-15-9-7-14-12(15)13(17)18;/h2*3-7,9,16H,1-2,8H2,(H,17,18);1H2. The molecule has 0 amide bonds. The topological polar surface area (TPSA) is 182 Å². The lowest BCUT2D eigenvalue weighted by Crippen LogP contribution is -2.09. The summed E-state index contributed by atoms with van der Waals surface area (Å²) in [4.78, 5) is 29.3. The van der Waals surface area contributed by atoms with Gasteiger partial charge in [-0.1, -0.05) is 24.3 Å². The molecular weight excluding hydrogens is 480 g/mol. The van der Waals surface area contributed by atoms with Crippen molar-refractivity contribution in [2.75, 3.05) is 0 Å². The van der Waals surface area contributed by atoms with Crippen LogP contribution in [0, 0.1) is 0 Å². The Kier molecular flexibility index (Phi) is 10.9. The maximum Gasteiger partial charge on any atom is 0.372 e. The molecule has 0 saturated heterocycles. The number of phenols is 2. The van der Waals surface area contributed by atoms with Crippen molar-refractivity contribution in [3.8, 4) is 11.5 Å². The second-order valence-electron chi connectivity index (χ2n) is 8.04. The van der Waals surface area contributed by atoms with E-state index in [2.05, 4.69) is 9.97 Å². The number of aromatic hydroxyl groups is 2. The largest absolute Gasteiger partial charge is 0.508 e. The minimum Gasteiger partial charge on any atom is -0.508 e. The third-order valence-corrected chi connectivity index (χ3v) is 5.42. The molecule has 2 aromatic heterocycles. The number of carboxylic acid groups (broad SMARTS) is 2. The Balaban J connectivity index is 0.000000253. The third-order valence-electron chi connectivity index (χ3n) is 5.42. The molecule has 0 bridgehead atoms. The molecule has 0 aliphatic rings. The predicted octanol–water partition coefficient (Wildman–Crippen LogP) is 3.01. The summed E-state index contributed by atoms with van der Waals surface area (Å²) in [6.07, 6.45) is 9.62. The van der Waals surface area contributed by atoms with E-state index < -0.39 is 11.9 Å². The third kappa shape index (κ3) is 8.82. The quantitative estimate of drug-likeness (QED) is 0.251. The van der Waals surface area contributed by atoms with E-state index in [9.17, 15) is 9.59 Å². The fraction of sp³-hybridized carbons (Fsp3) is 0.231. The van der Waals surface area contributed by atoms with E-state index in [1.165, 1.54) is 12.4 Å². The van der Waals surface area contributed by atoms with Gasteiger partial charge in [0.05, 0.1) is 0 Å². The molecule has 0 unspecified atom stereocenters. The van der Waals surface area contributed by atoms with Crippen LogP contribution in [0.5, 0.6) is 11.5 Å². The van der Waals surface area contributed by atoms with Crippen molar-refractivity contribution in [1.29, 1.82) is 0 Å². The normalized spacial score (nSPS) is 10.2. The smallest absolute Gasteiger partial charge is 0.372 e. The van der Waals surface area contributed by atoms with E-state index in [4.69, 9.17) is 20.4 Å². The van der Waals surface area contributed by atoms with Gasteiger partial charge in [-0.15, -0.1) is 0 Å². The molecule has 0 aliphatic carbocycles. The molecule has 37 heavy (non-hydrogen) atoms. The maximum atomic E-state index is 10.8. The lowest BCUT2D eigenvalue weighted by molar-refractivity contribution is 0.0667. The Morgan fingerprint density at radius 3 is 1.32 bits per heavy atom. The second kappa shape index (κ2) is 14.0. The van der Waals surface area contributed by atoms with Crippen LogP contribution in [0.4, 0.5) is 0 Å². The Bertz CT molecular complexity index is 1170. The molecule has 0 radical (unpaired) electrons. The number of phenolic OH excluding ortho intramolecular Hbond substituents is 2. The van der Waals surface area contributed by atoms with Gasteiger partial charge in [0.2, 0.25) is 11.6 Å². The molecule has 2 heterocycles. The molecule has 196 valence electrons. The number of imidazole rings is 2. The average Bonchev–Trinajstić information content (AvgIpc) is 3.52. The highest BCUT2D eigenvalue weighted by atomic mass is 16.4. The van der Waals surface area contributed by atoms with E-state index >= 15 is 0 Å². The van der Waals surface area contributed by atoms with Gasteiger partial charge in [0.25, 0.3) is 0 Å². The number of hydrogen-bond acceptors (Lipinski definition) is 6. The summed E-state index contributed by atoms with van der Waals surface area (Å²) in [5.41, 5.74) is 2.23. The monoisotopic (exact) mass is 510 g/mol. The van der Waals surface area contributed by atoms with Crippen LogP contribution in [0.1, 0.15) is 45.2 Å². The van der Waals surface area contributed by atoms with Crippen LogP contribution in [-0.2, 0) is 25.9 Å². The number of rotatable bonds is 10. The van der Waals surface area contributed by atoms with E-state index in [0.717, 1.165) is 36.8 Å². The van der Waals surface area contributed by atoms with E-state index in [1.54, 1.807) is 45.8 Å². The van der Waals surface area contributed by atoms with Crippen LogP contribution in [0.15, 0.2) is 73.3 Å². The fourth-order valence-corrected chi connectivity index (χ4v) is 3.61. The van der Waals surface area contributed by atoms with Crippen LogP contribution in [0.2, 0.25) is 0 Å². The molecule has 4 aromatic rings. The Labute approximate surface area is 213 Å². The molecule has 11 nitrogen and oxygen atoms in total. The number of aromatic carboxylic acids is 2. The highest BCUT2D eigenvalue weighted by molar-refractivity contribution is 5.83. The van der Waals surface area contributed by atoms with Gasteiger partial charge in [0, 0.05) is 37.9 Å². The van der Waals surface area contributed by atoms with Gasteiger partial charge in [-0.25, -0.2) is 19.6 Å². The average molecular weight is 511 g/mol. The van der Waals surface area contributed by atoms with E-state index in [-0.39, 0.29) is 28.6 Å². The molecular formula is C26H30N4O7. The number of carboxylic acids is 2. The van der Waals surface area contributed by atoms with Crippen molar-refractivity contribution in [1.82, 2.24) is 19.1 Å². The lowest BCUT2D eigenvalue weighted by Gasteiger charge is -2.05. The van der Waals surface area contributed by atoms with Crippen LogP contribution in [0.3, 0.4) is 0 Å². The van der Waals surface area contributed by atoms with Crippen LogP contribution in [0.25, 0.3) is 0 Å². The summed E-state index contributed by atoms with van der Waals surface area (Å²) in [5.74, 6) is -1.38. The molecule has 2 aromatic carbocycles. The minimum atomic E-state index is -1.01. The Morgan fingerprint density at radius 2 is 1.00 bits per heavy atom. The minimum absolute atomic E-state index is 0. The lowest BCUT2D eigenvalue weighted by atomic mass is 10.1. The zero-order valence-corrected chi connectivity index (χ0v) is 20.1. The zero-order valence-electron chi connectivity index (χ0n) is 20.1. The molecule has 0 fully saturated rings. The molecule has 0 atom stereocenters. The van der Waals surface area contributed by atoms with Gasteiger partial charge >= 0.3 is 11.9 Å². The maximum absolute atomic E-state index is 10.8. The number of aryl methyl sites for hydroxylation is 4. The first kappa shape index (κ1) is 28.6. The summed E-state index contributed by atoms with van der Waals surface area (Å²) in [7, 11) is 0. The van der Waals surface area contributed by atoms with Crippen molar-refractivity contribution in [2.24, 2.45) is 0 Å². The number of benzene rings is 2. The van der Waals surface area contributed by atoms with Gasteiger partial charge in [0.1, 0.15) is 11.5 Å². The van der Waals surface area contributed by atoms with Crippen molar-refractivity contribution in [2.45, 2.75) is 38.8 Å².